The predicted molar refractivity (Wildman–Crippen MR) is 120 cm³/mol. The van der Waals surface area contributed by atoms with Crippen molar-refractivity contribution in [2.24, 2.45) is 0 Å². The Bertz CT molecular complexity index is 1120. The average molecular weight is 397 g/mol. The van der Waals surface area contributed by atoms with Crippen molar-refractivity contribution >= 4 is 22.4 Å². The van der Waals surface area contributed by atoms with Crippen molar-refractivity contribution in [1.29, 1.82) is 0 Å². The minimum atomic E-state index is -0.625. The molecular weight excluding hydrogens is 374 g/mol. The molecule has 0 aliphatic heterocycles. The van der Waals surface area contributed by atoms with Crippen LogP contribution in [0.3, 0.4) is 0 Å². The fourth-order valence-electron chi connectivity index (χ4n) is 3.12. The molecule has 0 spiro atoms. The summed E-state index contributed by atoms with van der Waals surface area (Å²) in [5.74, 6) is 1.21. The van der Waals surface area contributed by atoms with E-state index in [2.05, 4.69) is 5.32 Å². The molecule has 4 aromatic rings. The number of anilines is 1. The Kier molecular flexibility index (Phi) is 5.95. The summed E-state index contributed by atoms with van der Waals surface area (Å²) in [5, 5.41) is 5.09. The van der Waals surface area contributed by atoms with Gasteiger partial charge in [-0.3, -0.25) is 4.79 Å². The minimum Gasteiger partial charge on any atom is -0.489 e. The zero-order valence-corrected chi connectivity index (χ0v) is 16.7. The summed E-state index contributed by atoms with van der Waals surface area (Å²) in [6.07, 6.45) is -0.625. The van der Waals surface area contributed by atoms with Crippen molar-refractivity contribution in [2.45, 2.75) is 19.6 Å². The molecule has 4 rings (SSSR count). The summed E-state index contributed by atoms with van der Waals surface area (Å²) in [7, 11) is 0. The molecule has 1 N–H and O–H groups in total. The number of nitrogens with one attached hydrogen (secondary N) is 1. The number of hydrogen-bond acceptors (Lipinski definition) is 3. The summed E-state index contributed by atoms with van der Waals surface area (Å²) >= 11 is 0. The van der Waals surface area contributed by atoms with Gasteiger partial charge >= 0.3 is 0 Å². The predicted octanol–water partition coefficient (Wildman–Crippen LogP) is 5.82. The number of amides is 1. The van der Waals surface area contributed by atoms with E-state index >= 15 is 0 Å². The molecule has 4 nitrogen and oxygen atoms in total. The molecule has 0 unspecified atom stereocenters. The molecule has 4 heteroatoms. The Balaban J connectivity index is 1.32. The molecule has 1 atom stereocenters. The highest BCUT2D eigenvalue weighted by Gasteiger charge is 2.15. The normalized spacial score (nSPS) is 11.6. The van der Waals surface area contributed by atoms with Gasteiger partial charge < -0.3 is 14.8 Å². The number of carbonyl (C=O) groups is 1. The maximum Gasteiger partial charge on any atom is 0.265 e. The summed E-state index contributed by atoms with van der Waals surface area (Å²) in [6, 6.07) is 31.2. The van der Waals surface area contributed by atoms with Crippen LogP contribution >= 0.6 is 0 Å². The monoisotopic (exact) mass is 397 g/mol. The molecule has 0 saturated carbocycles. The van der Waals surface area contributed by atoms with E-state index in [1.807, 2.05) is 97.1 Å². The smallest absolute Gasteiger partial charge is 0.265 e. The van der Waals surface area contributed by atoms with Gasteiger partial charge in [-0.2, -0.15) is 0 Å². The molecule has 0 aliphatic carbocycles. The van der Waals surface area contributed by atoms with Gasteiger partial charge in [-0.15, -0.1) is 0 Å². The van der Waals surface area contributed by atoms with Crippen molar-refractivity contribution in [3.63, 3.8) is 0 Å². The van der Waals surface area contributed by atoms with Gasteiger partial charge in [0.15, 0.2) is 6.10 Å². The van der Waals surface area contributed by atoms with Crippen LogP contribution in [0.4, 0.5) is 5.69 Å². The topological polar surface area (TPSA) is 47.6 Å². The minimum absolute atomic E-state index is 0.207. The maximum absolute atomic E-state index is 12.5. The number of ether oxygens (including phenoxy) is 2. The fourth-order valence-corrected chi connectivity index (χ4v) is 3.12. The van der Waals surface area contributed by atoms with E-state index in [0.29, 0.717) is 18.0 Å². The van der Waals surface area contributed by atoms with Gasteiger partial charge in [-0.25, -0.2) is 0 Å². The highest BCUT2D eigenvalue weighted by molar-refractivity contribution is 5.94. The molecule has 0 saturated heterocycles. The average Bonchev–Trinajstić information content (AvgIpc) is 2.79. The number of rotatable bonds is 7. The summed E-state index contributed by atoms with van der Waals surface area (Å²) in [4.78, 5) is 12.5. The molecule has 0 aromatic heterocycles. The third kappa shape index (κ3) is 4.97. The van der Waals surface area contributed by atoms with E-state index in [1.54, 1.807) is 6.92 Å². The Morgan fingerprint density at radius 3 is 2.23 bits per heavy atom. The summed E-state index contributed by atoms with van der Waals surface area (Å²) < 4.78 is 11.6. The highest BCUT2D eigenvalue weighted by atomic mass is 16.5. The quantitative estimate of drug-likeness (QED) is 0.427. The van der Waals surface area contributed by atoms with Gasteiger partial charge in [0.1, 0.15) is 18.1 Å². The number of carbonyl (C=O) groups excluding carboxylic acids is 1. The first-order valence-corrected chi connectivity index (χ1v) is 9.90. The summed E-state index contributed by atoms with van der Waals surface area (Å²) in [6.45, 7) is 2.24. The zero-order valence-electron chi connectivity index (χ0n) is 16.7. The fraction of sp³-hybridized carbons (Fsp3) is 0.115. The third-order valence-corrected chi connectivity index (χ3v) is 4.77. The Hall–Kier alpha value is -3.79. The molecular formula is C26H23NO3. The Morgan fingerprint density at radius 2 is 1.47 bits per heavy atom. The second-order valence-electron chi connectivity index (χ2n) is 7.06. The maximum atomic E-state index is 12.5. The molecule has 4 aromatic carbocycles. The second-order valence-corrected chi connectivity index (χ2v) is 7.06. The number of hydrogen-bond donors (Lipinski definition) is 1. The van der Waals surface area contributed by atoms with Gasteiger partial charge in [-0.05, 0) is 59.7 Å². The van der Waals surface area contributed by atoms with Crippen LogP contribution in [0.5, 0.6) is 11.5 Å². The summed E-state index contributed by atoms with van der Waals surface area (Å²) in [5.41, 5.74) is 1.80. The second kappa shape index (κ2) is 9.14. The van der Waals surface area contributed by atoms with Crippen molar-refractivity contribution in [1.82, 2.24) is 0 Å². The van der Waals surface area contributed by atoms with E-state index in [0.717, 1.165) is 22.1 Å². The van der Waals surface area contributed by atoms with E-state index in [-0.39, 0.29) is 5.91 Å². The molecule has 0 radical (unpaired) electrons. The van der Waals surface area contributed by atoms with E-state index < -0.39 is 6.10 Å². The van der Waals surface area contributed by atoms with Crippen LogP contribution < -0.4 is 14.8 Å². The number of benzene rings is 4. The Labute approximate surface area is 176 Å². The van der Waals surface area contributed by atoms with Crippen LogP contribution in [0.1, 0.15) is 12.5 Å². The van der Waals surface area contributed by atoms with Crippen LogP contribution in [-0.2, 0) is 11.4 Å². The Morgan fingerprint density at radius 1 is 0.800 bits per heavy atom. The van der Waals surface area contributed by atoms with Gasteiger partial charge in [0.25, 0.3) is 5.91 Å². The van der Waals surface area contributed by atoms with Crippen LogP contribution in [0.25, 0.3) is 10.8 Å². The van der Waals surface area contributed by atoms with Gasteiger partial charge in [0.2, 0.25) is 0 Å². The molecule has 1 amide bonds. The van der Waals surface area contributed by atoms with Crippen molar-refractivity contribution in [2.75, 3.05) is 5.32 Å². The van der Waals surface area contributed by atoms with Gasteiger partial charge in [0.05, 0.1) is 0 Å². The molecule has 30 heavy (non-hydrogen) atoms. The molecule has 0 bridgehead atoms. The van der Waals surface area contributed by atoms with Gasteiger partial charge in [-0.1, -0.05) is 60.7 Å². The SMILES string of the molecule is C[C@H](Oc1ccc2ccccc2c1)C(=O)Nc1ccc(OCc2ccccc2)cc1. The van der Waals surface area contributed by atoms with Crippen LogP contribution in [0, 0.1) is 0 Å². The molecule has 0 aliphatic rings. The van der Waals surface area contributed by atoms with Crippen molar-refractivity contribution in [3.8, 4) is 11.5 Å². The third-order valence-electron chi connectivity index (χ3n) is 4.77. The highest BCUT2D eigenvalue weighted by Crippen LogP contribution is 2.22. The lowest BCUT2D eigenvalue weighted by molar-refractivity contribution is -0.122. The first-order chi connectivity index (χ1) is 14.7. The van der Waals surface area contributed by atoms with E-state index in [4.69, 9.17) is 9.47 Å². The molecule has 0 fully saturated rings. The van der Waals surface area contributed by atoms with Crippen molar-refractivity contribution < 1.29 is 14.3 Å². The van der Waals surface area contributed by atoms with E-state index in [1.165, 1.54) is 0 Å². The molecule has 150 valence electrons. The lowest BCUT2D eigenvalue weighted by Gasteiger charge is -2.15. The van der Waals surface area contributed by atoms with Gasteiger partial charge in [0, 0.05) is 5.69 Å². The lowest BCUT2D eigenvalue weighted by atomic mass is 10.1. The van der Waals surface area contributed by atoms with E-state index in [9.17, 15) is 4.79 Å². The standard InChI is InChI=1S/C26H23NO3/c1-19(30-25-14-11-21-9-5-6-10-22(21)17-25)26(28)27-23-12-15-24(16-13-23)29-18-20-7-3-2-4-8-20/h2-17,19H,18H2,1H3,(H,27,28)/t19-/m0/s1. The first kappa shape index (κ1) is 19.5. The number of fused-ring (bicyclic) bond motifs is 1. The lowest BCUT2D eigenvalue weighted by Crippen LogP contribution is -2.30. The van der Waals surface area contributed by atoms with Crippen LogP contribution in [-0.4, -0.2) is 12.0 Å². The first-order valence-electron chi connectivity index (χ1n) is 9.90. The largest absolute Gasteiger partial charge is 0.489 e. The van der Waals surface area contributed by atoms with Crippen molar-refractivity contribution in [3.05, 3.63) is 103 Å². The van der Waals surface area contributed by atoms with Crippen LogP contribution in [0.15, 0.2) is 97.1 Å². The molecule has 0 heterocycles. The van der Waals surface area contributed by atoms with Crippen LogP contribution in [0.2, 0.25) is 0 Å². The zero-order chi connectivity index (χ0) is 20.8.